The number of hydrogen-bond donors (Lipinski definition) is 1. The van der Waals surface area contributed by atoms with Gasteiger partial charge in [-0.05, 0) is 36.4 Å². The lowest BCUT2D eigenvalue weighted by molar-refractivity contribution is 1.09. The number of nitrogens with two attached hydrogens (primary N) is 1. The number of pyridine rings is 1. The van der Waals surface area contributed by atoms with Gasteiger partial charge in [-0.15, -0.1) is 0 Å². The van der Waals surface area contributed by atoms with Crippen molar-refractivity contribution in [3.05, 3.63) is 78.9 Å². The first kappa shape index (κ1) is 12.8. The molecule has 1 heterocycles. The zero-order chi connectivity index (χ0) is 14.9. The third kappa shape index (κ3) is 2.08. The highest BCUT2D eigenvalue weighted by Gasteiger charge is 2.10. The Morgan fingerprint density at radius 2 is 1.45 bits per heavy atom. The van der Waals surface area contributed by atoms with Gasteiger partial charge in [-0.1, -0.05) is 42.5 Å². The number of anilines is 2. The van der Waals surface area contributed by atoms with Gasteiger partial charge in [0.25, 0.3) is 0 Å². The lowest BCUT2D eigenvalue weighted by atomic mass is 10.1. The SMILES string of the molecule is NN(c1ccccc1)c1cccc2nc3ccccc3cc12. The van der Waals surface area contributed by atoms with Crippen molar-refractivity contribution in [2.75, 3.05) is 5.01 Å². The first-order valence-electron chi connectivity index (χ1n) is 7.21. The summed E-state index contributed by atoms with van der Waals surface area (Å²) in [6, 6.07) is 26.2. The molecule has 0 amide bonds. The van der Waals surface area contributed by atoms with E-state index in [2.05, 4.69) is 12.1 Å². The fraction of sp³-hybridized carbons (Fsp3) is 0. The fourth-order valence-electron chi connectivity index (χ4n) is 2.72. The fourth-order valence-corrected chi connectivity index (χ4v) is 2.72. The molecule has 0 saturated carbocycles. The van der Waals surface area contributed by atoms with E-state index in [1.807, 2.05) is 66.7 Å². The van der Waals surface area contributed by atoms with E-state index in [1.54, 1.807) is 5.01 Å². The molecule has 22 heavy (non-hydrogen) atoms. The van der Waals surface area contributed by atoms with Crippen LogP contribution in [0.15, 0.2) is 78.9 Å². The van der Waals surface area contributed by atoms with E-state index < -0.39 is 0 Å². The number of para-hydroxylation sites is 2. The quantitative estimate of drug-likeness (QED) is 0.337. The van der Waals surface area contributed by atoms with Gasteiger partial charge in [0, 0.05) is 10.8 Å². The van der Waals surface area contributed by atoms with Gasteiger partial charge in [-0.25, -0.2) is 10.8 Å². The molecular weight excluding hydrogens is 270 g/mol. The van der Waals surface area contributed by atoms with E-state index in [0.29, 0.717) is 0 Å². The number of nitrogens with zero attached hydrogens (tertiary/aromatic N) is 2. The van der Waals surface area contributed by atoms with Crippen LogP contribution in [-0.4, -0.2) is 4.98 Å². The lowest BCUT2D eigenvalue weighted by Crippen LogP contribution is -2.25. The van der Waals surface area contributed by atoms with E-state index in [9.17, 15) is 0 Å². The molecule has 0 bridgehead atoms. The van der Waals surface area contributed by atoms with Gasteiger partial charge >= 0.3 is 0 Å². The van der Waals surface area contributed by atoms with Crippen LogP contribution in [0.2, 0.25) is 0 Å². The predicted octanol–water partition coefficient (Wildman–Crippen LogP) is 4.40. The summed E-state index contributed by atoms with van der Waals surface area (Å²) in [4.78, 5) is 4.73. The van der Waals surface area contributed by atoms with Crippen LogP contribution in [0.25, 0.3) is 21.8 Å². The van der Waals surface area contributed by atoms with Crippen LogP contribution in [0.4, 0.5) is 11.4 Å². The normalized spacial score (nSPS) is 11.0. The zero-order valence-electron chi connectivity index (χ0n) is 12.0. The first-order chi connectivity index (χ1) is 10.8. The molecule has 0 atom stereocenters. The van der Waals surface area contributed by atoms with Crippen LogP contribution in [-0.2, 0) is 0 Å². The molecule has 106 valence electrons. The summed E-state index contributed by atoms with van der Waals surface area (Å²) >= 11 is 0. The second-order valence-electron chi connectivity index (χ2n) is 5.23. The van der Waals surface area contributed by atoms with Crippen LogP contribution in [0, 0.1) is 0 Å². The van der Waals surface area contributed by atoms with E-state index in [0.717, 1.165) is 33.2 Å². The molecule has 0 aliphatic heterocycles. The van der Waals surface area contributed by atoms with Gasteiger partial charge in [0.15, 0.2) is 0 Å². The molecule has 3 aromatic carbocycles. The summed E-state index contributed by atoms with van der Waals surface area (Å²) in [7, 11) is 0. The Morgan fingerprint density at radius 3 is 2.32 bits per heavy atom. The summed E-state index contributed by atoms with van der Waals surface area (Å²) in [6.45, 7) is 0. The smallest absolute Gasteiger partial charge is 0.0731 e. The number of aromatic nitrogens is 1. The highest BCUT2D eigenvalue weighted by molar-refractivity contribution is 6.00. The first-order valence-corrected chi connectivity index (χ1v) is 7.21. The van der Waals surface area contributed by atoms with Crippen molar-refractivity contribution in [1.82, 2.24) is 4.98 Å². The third-order valence-corrected chi connectivity index (χ3v) is 3.83. The van der Waals surface area contributed by atoms with Crippen molar-refractivity contribution in [2.24, 2.45) is 5.84 Å². The molecule has 0 fully saturated rings. The minimum Gasteiger partial charge on any atom is -0.279 e. The molecule has 0 saturated heterocycles. The molecule has 4 rings (SSSR count). The van der Waals surface area contributed by atoms with Crippen molar-refractivity contribution in [1.29, 1.82) is 0 Å². The molecule has 2 N–H and O–H groups in total. The van der Waals surface area contributed by atoms with Crippen molar-refractivity contribution in [2.45, 2.75) is 0 Å². The Balaban J connectivity index is 1.96. The number of hydrazine groups is 1. The van der Waals surface area contributed by atoms with Gasteiger partial charge < -0.3 is 0 Å². The molecule has 0 spiro atoms. The largest absolute Gasteiger partial charge is 0.279 e. The summed E-state index contributed by atoms with van der Waals surface area (Å²) in [5.74, 6) is 6.33. The maximum Gasteiger partial charge on any atom is 0.0731 e. The third-order valence-electron chi connectivity index (χ3n) is 3.83. The topological polar surface area (TPSA) is 42.1 Å². The lowest BCUT2D eigenvalue weighted by Gasteiger charge is -2.20. The van der Waals surface area contributed by atoms with Crippen molar-refractivity contribution in [3.8, 4) is 0 Å². The Kier molecular flexibility index (Phi) is 2.99. The molecule has 0 unspecified atom stereocenters. The Hall–Kier alpha value is -2.91. The van der Waals surface area contributed by atoms with E-state index in [-0.39, 0.29) is 0 Å². The average molecular weight is 285 g/mol. The Bertz CT molecular complexity index is 948. The molecule has 3 nitrogen and oxygen atoms in total. The predicted molar refractivity (Wildman–Crippen MR) is 92.0 cm³/mol. The average Bonchev–Trinajstić information content (AvgIpc) is 2.59. The monoisotopic (exact) mass is 285 g/mol. The zero-order valence-corrected chi connectivity index (χ0v) is 12.0. The molecule has 0 aliphatic carbocycles. The number of rotatable bonds is 2. The van der Waals surface area contributed by atoms with Gasteiger partial charge in [0.2, 0.25) is 0 Å². The van der Waals surface area contributed by atoms with E-state index in [4.69, 9.17) is 10.8 Å². The molecule has 3 heteroatoms. The maximum absolute atomic E-state index is 6.33. The molecule has 0 aliphatic rings. The van der Waals surface area contributed by atoms with Crippen molar-refractivity contribution < 1.29 is 0 Å². The highest BCUT2D eigenvalue weighted by atomic mass is 15.4. The van der Waals surface area contributed by atoms with Crippen LogP contribution in [0.3, 0.4) is 0 Å². The van der Waals surface area contributed by atoms with Gasteiger partial charge in [-0.2, -0.15) is 0 Å². The van der Waals surface area contributed by atoms with Crippen LogP contribution >= 0.6 is 0 Å². The standard InChI is InChI=1S/C19H15N3/c20-22(15-8-2-1-3-9-15)19-12-6-11-18-16(19)13-14-7-4-5-10-17(14)21-18/h1-13H,20H2. The molecule has 4 aromatic rings. The number of benzene rings is 3. The van der Waals surface area contributed by atoms with Crippen LogP contribution < -0.4 is 10.9 Å². The second kappa shape index (κ2) is 5.13. The minimum absolute atomic E-state index is 0.946. The second-order valence-corrected chi connectivity index (χ2v) is 5.23. The van der Waals surface area contributed by atoms with Crippen molar-refractivity contribution >= 4 is 33.2 Å². The summed E-state index contributed by atoms with van der Waals surface area (Å²) in [5.41, 5.74) is 3.84. The molecular formula is C19H15N3. The van der Waals surface area contributed by atoms with E-state index >= 15 is 0 Å². The number of hydrogen-bond acceptors (Lipinski definition) is 3. The molecule has 1 aromatic heterocycles. The highest BCUT2D eigenvalue weighted by Crippen LogP contribution is 2.31. The van der Waals surface area contributed by atoms with Crippen LogP contribution in [0.1, 0.15) is 0 Å². The Morgan fingerprint density at radius 1 is 0.727 bits per heavy atom. The van der Waals surface area contributed by atoms with Crippen molar-refractivity contribution in [3.63, 3.8) is 0 Å². The van der Waals surface area contributed by atoms with Gasteiger partial charge in [0.05, 0.1) is 22.4 Å². The Labute approximate surface area is 128 Å². The number of fused-ring (bicyclic) bond motifs is 2. The minimum atomic E-state index is 0.946. The summed E-state index contributed by atoms with van der Waals surface area (Å²) < 4.78 is 0. The maximum atomic E-state index is 6.33. The van der Waals surface area contributed by atoms with Gasteiger partial charge in [-0.3, -0.25) is 5.01 Å². The van der Waals surface area contributed by atoms with E-state index in [1.165, 1.54) is 0 Å². The molecule has 0 radical (unpaired) electrons. The van der Waals surface area contributed by atoms with Gasteiger partial charge in [0.1, 0.15) is 0 Å². The van der Waals surface area contributed by atoms with Crippen LogP contribution in [0.5, 0.6) is 0 Å². The summed E-state index contributed by atoms with van der Waals surface area (Å²) in [6.07, 6.45) is 0. The summed E-state index contributed by atoms with van der Waals surface area (Å²) in [5, 5.41) is 3.87.